The summed E-state index contributed by atoms with van der Waals surface area (Å²) in [5, 5.41) is 11.3. The summed E-state index contributed by atoms with van der Waals surface area (Å²) >= 11 is 0. The third kappa shape index (κ3) is 7.21. The molecule has 6 rings (SSSR count). The maximum atomic E-state index is 14.0. The summed E-state index contributed by atoms with van der Waals surface area (Å²) < 4.78 is 14.0. The first-order valence-electron chi connectivity index (χ1n) is 15.5. The number of hydrogen-bond donors (Lipinski definition) is 3. The van der Waals surface area contributed by atoms with E-state index >= 15 is 0 Å². The monoisotopic (exact) mass is 620 g/mol. The molecule has 11 heteroatoms. The molecule has 2 saturated heterocycles. The van der Waals surface area contributed by atoms with E-state index in [0.29, 0.717) is 67.5 Å². The molecule has 0 saturated carbocycles. The van der Waals surface area contributed by atoms with Gasteiger partial charge in [-0.25, -0.2) is 14.4 Å². The minimum absolute atomic E-state index is 0.0819. The largest absolute Gasteiger partial charge is 0.398 e. The van der Waals surface area contributed by atoms with Crippen molar-refractivity contribution in [1.29, 1.82) is 5.41 Å². The van der Waals surface area contributed by atoms with Gasteiger partial charge < -0.3 is 26.3 Å². The lowest BCUT2D eigenvalue weighted by molar-refractivity contribution is -0.132. The van der Waals surface area contributed by atoms with Crippen molar-refractivity contribution in [2.75, 3.05) is 61.8 Å². The lowest BCUT2D eigenvalue weighted by Gasteiger charge is -2.36. The summed E-state index contributed by atoms with van der Waals surface area (Å²) in [5.74, 6) is 0.0539. The molecule has 236 valence electrons. The summed E-state index contributed by atoms with van der Waals surface area (Å²) in [7, 11) is 0. The van der Waals surface area contributed by atoms with E-state index in [1.165, 1.54) is 6.07 Å². The molecule has 3 heterocycles. The normalized spacial score (nSPS) is 16.8. The number of piperazine rings is 1. The van der Waals surface area contributed by atoms with E-state index in [1.807, 2.05) is 21.9 Å². The average molecular weight is 621 g/mol. The molecule has 1 unspecified atom stereocenters. The molecule has 0 radical (unpaired) electrons. The molecule has 0 bridgehead atoms. The SMILES string of the molecule is N=C(Cc1ccccc1F)c1ccc(NC(=O)C2CCN(CC(=O)N3CCN(c4ccc(-c5ncccn5)cc4)CC3)C2)cc1N. The Morgan fingerprint density at radius 2 is 1.67 bits per heavy atom. The van der Waals surface area contributed by atoms with Crippen LogP contribution in [0.3, 0.4) is 0 Å². The number of likely N-dealkylation sites (tertiary alicyclic amines) is 1. The Balaban J connectivity index is 0.951. The van der Waals surface area contributed by atoms with Crippen molar-refractivity contribution in [3.63, 3.8) is 0 Å². The van der Waals surface area contributed by atoms with Gasteiger partial charge in [0.05, 0.1) is 12.5 Å². The molecular weight excluding hydrogens is 583 g/mol. The van der Waals surface area contributed by atoms with Crippen LogP contribution in [-0.4, -0.2) is 83.1 Å². The van der Waals surface area contributed by atoms with Crippen LogP contribution in [0, 0.1) is 17.1 Å². The Morgan fingerprint density at radius 3 is 2.39 bits per heavy atom. The minimum Gasteiger partial charge on any atom is -0.398 e. The second-order valence-corrected chi connectivity index (χ2v) is 11.7. The first-order valence-corrected chi connectivity index (χ1v) is 15.5. The number of carbonyl (C=O) groups is 2. The van der Waals surface area contributed by atoms with Crippen LogP contribution in [0.1, 0.15) is 17.5 Å². The summed E-state index contributed by atoms with van der Waals surface area (Å²) in [6, 6.07) is 21.4. The molecular formula is C35H37FN8O2. The highest BCUT2D eigenvalue weighted by Crippen LogP contribution is 2.24. The van der Waals surface area contributed by atoms with Crippen LogP contribution in [-0.2, 0) is 16.0 Å². The third-order valence-electron chi connectivity index (χ3n) is 8.66. The lowest BCUT2D eigenvalue weighted by Crippen LogP contribution is -2.51. The van der Waals surface area contributed by atoms with Gasteiger partial charge in [0.15, 0.2) is 5.82 Å². The second-order valence-electron chi connectivity index (χ2n) is 11.7. The molecule has 0 aliphatic carbocycles. The maximum absolute atomic E-state index is 14.0. The van der Waals surface area contributed by atoms with Gasteiger partial charge in [-0.05, 0) is 73.1 Å². The van der Waals surface area contributed by atoms with E-state index in [9.17, 15) is 14.0 Å². The zero-order valence-electron chi connectivity index (χ0n) is 25.5. The van der Waals surface area contributed by atoms with Gasteiger partial charge in [0, 0.05) is 85.4 Å². The number of benzene rings is 3. The van der Waals surface area contributed by atoms with Crippen molar-refractivity contribution in [2.45, 2.75) is 12.8 Å². The van der Waals surface area contributed by atoms with Gasteiger partial charge in [-0.1, -0.05) is 18.2 Å². The molecule has 4 aromatic rings. The van der Waals surface area contributed by atoms with Gasteiger partial charge in [-0.15, -0.1) is 0 Å². The number of amides is 2. The van der Waals surface area contributed by atoms with Crippen LogP contribution < -0.4 is 16.0 Å². The van der Waals surface area contributed by atoms with Crippen LogP contribution in [0.5, 0.6) is 0 Å². The quantitative estimate of drug-likeness (QED) is 0.190. The van der Waals surface area contributed by atoms with Gasteiger partial charge in [-0.2, -0.15) is 0 Å². The zero-order valence-corrected chi connectivity index (χ0v) is 25.5. The Hall–Kier alpha value is -5.16. The first-order chi connectivity index (χ1) is 22.3. The zero-order chi connectivity index (χ0) is 32.0. The number of nitrogen functional groups attached to an aromatic ring is 1. The van der Waals surface area contributed by atoms with Crippen molar-refractivity contribution in [3.8, 4) is 11.4 Å². The molecule has 1 atom stereocenters. The van der Waals surface area contributed by atoms with Gasteiger partial charge in [0.1, 0.15) is 5.82 Å². The van der Waals surface area contributed by atoms with Gasteiger partial charge in [0.25, 0.3) is 0 Å². The Labute approximate surface area is 267 Å². The van der Waals surface area contributed by atoms with Gasteiger partial charge in [-0.3, -0.25) is 14.5 Å². The van der Waals surface area contributed by atoms with E-state index in [2.05, 4.69) is 32.3 Å². The topological polar surface area (TPSA) is 132 Å². The number of halogens is 1. The highest BCUT2D eigenvalue weighted by Gasteiger charge is 2.31. The predicted octanol–water partition coefficient (Wildman–Crippen LogP) is 4.08. The average Bonchev–Trinajstić information content (AvgIpc) is 3.55. The van der Waals surface area contributed by atoms with Crippen LogP contribution >= 0.6 is 0 Å². The summed E-state index contributed by atoms with van der Waals surface area (Å²) in [6.45, 7) is 4.28. The molecule has 3 aromatic carbocycles. The fraction of sp³-hybridized carbons (Fsp3) is 0.286. The van der Waals surface area contributed by atoms with Crippen molar-refractivity contribution in [1.82, 2.24) is 19.8 Å². The highest BCUT2D eigenvalue weighted by molar-refractivity contribution is 6.05. The second kappa shape index (κ2) is 13.9. The molecule has 1 aromatic heterocycles. The summed E-state index contributed by atoms with van der Waals surface area (Å²) in [6.07, 6.45) is 4.24. The molecule has 2 fully saturated rings. The Bertz CT molecular complexity index is 1710. The summed E-state index contributed by atoms with van der Waals surface area (Å²) in [5.41, 5.74) is 10.3. The number of anilines is 3. The van der Waals surface area contributed by atoms with E-state index in [0.717, 1.165) is 24.3 Å². The molecule has 4 N–H and O–H groups in total. The molecule has 10 nitrogen and oxygen atoms in total. The smallest absolute Gasteiger partial charge is 0.236 e. The first kappa shape index (κ1) is 30.8. The number of nitrogens with zero attached hydrogens (tertiary/aromatic N) is 5. The standard InChI is InChI=1S/C35H37FN8O2/c36-30-5-2-1-4-25(30)20-31(37)29-11-8-27(21-32(29)38)41-35(46)26-12-15-42(22-26)23-33(45)44-18-16-43(17-19-44)28-9-6-24(7-10-28)34-39-13-3-14-40-34/h1-11,13-14,21,26,37H,12,15-20,22-23,38H2,(H,41,46). The predicted molar refractivity (Wildman–Crippen MR) is 177 cm³/mol. The number of carbonyl (C=O) groups excluding carboxylic acids is 2. The summed E-state index contributed by atoms with van der Waals surface area (Å²) in [4.78, 5) is 41.0. The fourth-order valence-electron chi connectivity index (χ4n) is 6.05. The lowest BCUT2D eigenvalue weighted by atomic mass is 10.00. The molecule has 0 spiro atoms. The van der Waals surface area contributed by atoms with Crippen LogP contribution in [0.4, 0.5) is 21.5 Å². The highest BCUT2D eigenvalue weighted by atomic mass is 19.1. The van der Waals surface area contributed by atoms with E-state index in [4.69, 9.17) is 11.1 Å². The van der Waals surface area contributed by atoms with Crippen LogP contribution in [0.15, 0.2) is 85.2 Å². The molecule has 2 aliphatic heterocycles. The molecule has 2 amide bonds. The number of rotatable bonds is 9. The van der Waals surface area contributed by atoms with E-state index in [-0.39, 0.29) is 35.7 Å². The van der Waals surface area contributed by atoms with Crippen LogP contribution in [0.25, 0.3) is 11.4 Å². The van der Waals surface area contributed by atoms with Crippen molar-refractivity contribution >= 4 is 34.6 Å². The van der Waals surface area contributed by atoms with E-state index in [1.54, 1.807) is 54.9 Å². The van der Waals surface area contributed by atoms with Gasteiger partial charge >= 0.3 is 0 Å². The Kier molecular flexibility index (Phi) is 9.30. The maximum Gasteiger partial charge on any atom is 0.236 e. The minimum atomic E-state index is -0.359. The third-order valence-corrected chi connectivity index (χ3v) is 8.66. The van der Waals surface area contributed by atoms with Gasteiger partial charge in [0.2, 0.25) is 11.8 Å². The molecule has 2 aliphatic rings. The van der Waals surface area contributed by atoms with Crippen molar-refractivity contribution in [2.24, 2.45) is 5.92 Å². The van der Waals surface area contributed by atoms with Crippen molar-refractivity contribution in [3.05, 3.63) is 102 Å². The molecule has 46 heavy (non-hydrogen) atoms. The number of aromatic nitrogens is 2. The number of hydrogen-bond acceptors (Lipinski definition) is 8. The fourth-order valence-corrected chi connectivity index (χ4v) is 6.05. The number of nitrogens with two attached hydrogens (primary N) is 1. The number of nitrogens with one attached hydrogen (secondary N) is 2. The van der Waals surface area contributed by atoms with E-state index < -0.39 is 0 Å². The Morgan fingerprint density at radius 1 is 0.935 bits per heavy atom. The van der Waals surface area contributed by atoms with Crippen LogP contribution in [0.2, 0.25) is 0 Å². The van der Waals surface area contributed by atoms with Crippen molar-refractivity contribution < 1.29 is 14.0 Å².